The van der Waals surface area contributed by atoms with E-state index < -0.39 is 0 Å². The first-order chi connectivity index (χ1) is 10.3. The molecular weight excluding hydrogens is 262 g/mol. The first-order valence-corrected chi connectivity index (χ1v) is 7.48. The predicted molar refractivity (Wildman–Crippen MR) is 84.2 cm³/mol. The van der Waals surface area contributed by atoms with E-state index in [1.165, 1.54) is 0 Å². The van der Waals surface area contributed by atoms with Crippen molar-refractivity contribution in [3.63, 3.8) is 0 Å². The van der Waals surface area contributed by atoms with Crippen LogP contribution in [-0.2, 0) is 6.54 Å². The van der Waals surface area contributed by atoms with E-state index in [1.54, 1.807) is 0 Å². The Morgan fingerprint density at radius 2 is 2.14 bits per heavy atom. The van der Waals surface area contributed by atoms with E-state index in [-0.39, 0.29) is 6.04 Å². The summed E-state index contributed by atoms with van der Waals surface area (Å²) in [5.41, 5.74) is 1.97. The van der Waals surface area contributed by atoms with Crippen LogP contribution < -0.4 is 5.32 Å². The van der Waals surface area contributed by atoms with Gasteiger partial charge in [0.25, 0.3) is 0 Å². The van der Waals surface area contributed by atoms with Gasteiger partial charge in [0.2, 0.25) is 0 Å². The van der Waals surface area contributed by atoms with Crippen LogP contribution in [0.3, 0.4) is 0 Å². The number of aryl methyl sites for hydroxylation is 1. The van der Waals surface area contributed by atoms with E-state index >= 15 is 0 Å². The fraction of sp³-hybridized carbons (Fsp3) is 0.353. The van der Waals surface area contributed by atoms with E-state index in [4.69, 9.17) is 4.42 Å². The fourth-order valence-electron chi connectivity index (χ4n) is 2.50. The summed E-state index contributed by atoms with van der Waals surface area (Å²) in [5, 5.41) is 9.17. The van der Waals surface area contributed by atoms with E-state index in [0.717, 1.165) is 41.9 Å². The van der Waals surface area contributed by atoms with Gasteiger partial charge in [-0.3, -0.25) is 4.68 Å². The second-order valence-corrected chi connectivity index (χ2v) is 5.37. The van der Waals surface area contributed by atoms with Gasteiger partial charge in [-0.1, -0.05) is 25.1 Å². The van der Waals surface area contributed by atoms with Gasteiger partial charge in [-0.15, -0.1) is 0 Å². The minimum absolute atomic E-state index is 0.136. The molecule has 3 rings (SSSR count). The lowest BCUT2D eigenvalue weighted by molar-refractivity contribution is 0.375. The van der Waals surface area contributed by atoms with Gasteiger partial charge in [0.05, 0.1) is 18.3 Å². The zero-order valence-corrected chi connectivity index (χ0v) is 12.5. The van der Waals surface area contributed by atoms with Crippen molar-refractivity contribution < 1.29 is 4.42 Å². The largest absolute Gasteiger partial charge is 0.459 e. The summed E-state index contributed by atoms with van der Waals surface area (Å²) in [6.07, 6.45) is 3.10. The van der Waals surface area contributed by atoms with Crippen LogP contribution in [0, 0.1) is 6.92 Å². The van der Waals surface area contributed by atoms with Crippen LogP contribution >= 0.6 is 0 Å². The number of nitrogens with zero attached hydrogens (tertiary/aromatic N) is 2. The van der Waals surface area contributed by atoms with Crippen LogP contribution in [0.25, 0.3) is 11.0 Å². The molecule has 3 aromatic rings. The highest BCUT2D eigenvalue weighted by molar-refractivity contribution is 5.77. The van der Waals surface area contributed by atoms with Crippen molar-refractivity contribution in [1.29, 1.82) is 0 Å². The van der Waals surface area contributed by atoms with E-state index in [2.05, 4.69) is 29.5 Å². The minimum Gasteiger partial charge on any atom is -0.459 e. The highest BCUT2D eigenvalue weighted by Gasteiger charge is 2.16. The van der Waals surface area contributed by atoms with Crippen LogP contribution in [0.2, 0.25) is 0 Å². The molecule has 1 aromatic carbocycles. The average molecular weight is 283 g/mol. The molecule has 21 heavy (non-hydrogen) atoms. The van der Waals surface area contributed by atoms with E-state index in [1.807, 2.05) is 42.1 Å². The third-order valence-electron chi connectivity index (χ3n) is 3.57. The Bertz CT molecular complexity index is 680. The molecule has 0 aliphatic carbocycles. The molecule has 2 aromatic heterocycles. The Kier molecular flexibility index (Phi) is 4.06. The number of nitrogens with one attached hydrogen (secondary N) is 1. The lowest BCUT2D eigenvalue weighted by Crippen LogP contribution is -2.26. The summed E-state index contributed by atoms with van der Waals surface area (Å²) in [5.74, 6) is 0.970. The molecule has 0 saturated carbocycles. The van der Waals surface area contributed by atoms with E-state index in [0.29, 0.717) is 0 Å². The number of benzene rings is 1. The summed E-state index contributed by atoms with van der Waals surface area (Å²) < 4.78 is 7.97. The third kappa shape index (κ3) is 3.16. The monoisotopic (exact) mass is 283 g/mol. The number of fused-ring (bicyclic) bond motifs is 1. The zero-order valence-electron chi connectivity index (χ0n) is 12.5. The summed E-state index contributed by atoms with van der Waals surface area (Å²) in [4.78, 5) is 0. The molecule has 4 nitrogen and oxygen atoms in total. The predicted octanol–water partition coefficient (Wildman–Crippen LogP) is 3.68. The molecule has 1 unspecified atom stereocenters. The lowest BCUT2D eigenvalue weighted by Gasteiger charge is -2.16. The van der Waals surface area contributed by atoms with Crippen LogP contribution in [0.1, 0.15) is 30.8 Å². The molecule has 0 fully saturated rings. The third-order valence-corrected chi connectivity index (χ3v) is 3.57. The van der Waals surface area contributed by atoms with Crippen LogP contribution in [0.15, 0.2) is 47.0 Å². The van der Waals surface area contributed by atoms with Gasteiger partial charge in [0, 0.05) is 11.6 Å². The Labute approximate surface area is 124 Å². The van der Waals surface area contributed by atoms with Gasteiger partial charge in [-0.2, -0.15) is 5.10 Å². The molecular formula is C17H21N3O. The van der Waals surface area contributed by atoms with Gasteiger partial charge in [-0.25, -0.2) is 0 Å². The van der Waals surface area contributed by atoms with E-state index in [9.17, 15) is 0 Å². The quantitative estimate of drug-likeness (QED) is 0.750. The average Bonchev–Trinajstić information content (AvgIpc) is 3.09. The maximum atomic E-state index is 6.00. The van der Waals surface area contributed by atoms with Gasteiger partial charge >= 0.3 is 0 Å². The summed E-state index contributed by atoms with van der Waals surface area (Å²) >= 11 is 0. The standard InChI is InChI=1S/C17H21N3O/c1-3-9-18-15(12-20-10-8-13(2)19-20)17-11-14-6-4-5-7-16(14)21-17/h4-8,10-11,15,18H,3,9,12H2,1-2H3. The second kappa shape index (κ2) is 6.14. The highest BCUT2D eigenvalue weighted by atomic mass is 16.3. The first-order valence-electron chi connectivity index (χ1n) is 7.48. The molecule has 0 aliphatic heterocycles. The Hall–Kier alpha value is -2.07. The van der Waals surface area contributed by atoms with Crippen molar-refractivity contribution in [1.82, 2.24) is 15.1 Å². The van der Waals surface area contributed by atoms with Gasteiger partial charge in [0.1, 0.15) is 11.3 Å². The van der Waals surface area contributed by atoms with Crippen molar-refractivity contribution in [2.24, 2.45) is 0 Å². The number of hydrogen-bond acceptors (Lipinski definition) is 3. The molecule has 1 atom stereocenters. The summed E-state index contributed by atoms with van der Waals surface area (Å²) in [6.45, 7) is 5.91. The summed E-state index contributed by atoms with van der Waals surface area (Å²) in [7, 11) is 0. The maximum Gasteiger partial charge on any atom is 0.134 e. The second-order valence-electron chi connectivity index (χ2n) is 5.37. The number of hydrogen-bond donors (Lipinski definition) is 1. The number of aromatic nitrogens is 2. The smallest absolute Gasteiger partial charge is 0.134 e. The van der Waals surface area contributed by atoms with Crippen molar-refractivity contribution in [2.45, 2.75) is 32.9 Å². The van der Waals surface area contributed by atoms with Crippen molar-refractivity contribution >= 4 is 11.0 Å². The molecule has 0 spiro atoms. The highest BCUT2D eigenvalue weighted by Crippen LogP contribution is 2.24. The molecule has 4 heteroatoms. The molecule has 0 aliphatic rings. The molecule has 2 heterocycles. The lowest BCUT2D eigenvalue weighted by atomic mass is 10.2. The molecule has 0 saturated heterocycles. The van der Waals surface area contributed by atoms with Gasteiger partial charge in [-0.05, 0) is 38.1 Å². The molecule has 0 bridgehead atoms. The Morgan fingerprint density at radius 3 is 2.86 bits per heavy atom. The molecule has 110 valence electrons. The van der Waals surface area contributed by atoms with Crippen molar-refractivity contribution in [3.8, 4) is 0 Å². The van der Waals surface area contributed by atoms with Crippen LogP contribution in [0.5, 0.6) is 0 Å². The topological polar surface area (TPSA) is 43.0 Å². The van der Waals surface area contributed by atoms with Crippen molar-refractivity contribution in [2.75, 3.05) is 6.54 Å². The van der Waals surface area contributed by atoms with Gasteiger partial charge in [0.15, 0.2) is 0 Å². The van der Waals surface area contributed by atoms with Crippen LogP contribution in [0.4, 0.5) is 0 Å². The number of para-hydroxylation sites is 1. The normalized spacial score (nSPS) is 12.9. The van der Waals surface area contributed by atoms with Gasteiger partial charge < -0.3 is 9.73 Å². The number of rotatable bonds is 6. The van der Waals surface area contributed by atoms with Crippen molar-refractivity contribution in [3.05, 3.63) is 54.0 Å². The minimum atomic E-state index is 0.136. The SMILES string of the molecule is CCCNC(Cn1ccc(C)n1)c1cc2ccccc2o1. The Balaban J connectivity index is 1.86. The Morgan fingerprint density at radius 1 is 1.29 bits per heavy atom. The molecule has 1 N–H and O–H groups in total. The van der Waals surface area contributed by atoms with Crippen LogP contribution in [-0.4, -0.2) is 16.3 Å². The molecule has 0 amide bonds. The fourth-order valence-corrected chi connectivity index (χ4v) is 2.50. The number of furan rings is 1. The maximum absolute atomic E-state index is 6.00. The molecule has 0 radical (unpaired) electrons. The first kappa shape index (κ1) is 13.9. The summed E-state index contributed by atoms with van der Waals surface area (Å²) in [6, 6.07) is 12.4. The zero-order chi connectivity index (χ0) is 14.7.